The van der Waals surface area contributed by atoms with Gasteiger partial charge in [0, 0.05) is 5.75 Å². The van der Waals surface area contributed by atoms with Crippen molar-refractivity contribution in [2.45, 2.75) is 13.3 Å². The molecular formula is C9H12OS. The van der Waals surface area contributed by atoms with Crippen molar-refractivity contribution in [2.75, 3.05) is 5.75 Å². The van der Waals surface area contributed by atoms with Crippen LogP contribution in [0.4, 0.5) is 0 Å². The van der Waals surface area contributed by atoms with E-state index >= 15 is 0 Å². The maximum absolute atomic E-state index is 5.36. The van der Waals surface area contributed by atoms with Gasteiger partial charge in [-0.25, -0.2) is 0 Å². The Morgan fingerprint density at radius 1 is 1.27 bits per heavy atom. The highest BCUT2D eigenvalue weighted by atomic mass is 32.2. The molecule has 1 nitrogen and oxygen atoms in total. The van der Waals surface area contributed by atoms with Crippen LogP contribution in [0.15, 0.2) is 30.3 Å². The van der Waals surface area contributed by atoms with Crippen LogP contribution in [0, 0.1) is 0 Å². The van der Waals surface area contributed by atoms with Crippen molar-refractivity contribution in [1.29, 1.82) is 0 Å². The summed E-state index contributed by atoms with van der Waals surface area (Å²) in [5.41, 5.74) is 0. The fourth-order valence-electron chi connectivity index (χ4n) is 0.669. The van der Waals surface area contributed by atoms with Gasteiger partial charge in [-0.15, -0.1) is 0 Å². The van der Waals surface area contributed by atoms with Crippen molar-refractivity contribution >= 4 is 12.0 Å². The van der Waals surface area contributed by atoms with Gasteiger partial charge in [-0.05, 0) is 18.6 Å². The molecule has 0 spiro atoms. The molecule has 0 aliphatic heterocycles. The predicted molar refractivity (Wildman–Crippen MR) is 49.8 cm³/mol. The molecule has 1 rings (SSSR count). The zero-order valence-corrected chi connectivity index (χ0v) is 7.43. The average Bonchev–Trinajstić information content (AvgIpc) is 2.07. The molecule has 0 saturated carbocycles. The van der Waals surface area contributed by atoms with Gasteiger partial charge in [0.25, 0.3) is 0 Å². The van der Waals surface area contributed by atoms with Crippen molar-refractivity contribution in [3.8, 4) is 5.75 Å². The summed E-state index contributed by atoms with van der Waals surface area (Å²) >= 11 is 1.51. The third kappa shape index (κ3) is 3.33. The first-order valence-electron chi connectivity index (χ1n) is 3.78. The monoisotopic (exact) mass is 168 g/mol. The molecule has 0 heterocycles. The number of rotatable bonds is 4. The van der Waals surface area contributed by atoms with Crippen LogP contribution in [0.25, 0.3) is 0 Å². The quantitative estimate of drug-likeness (QED) is 0.504. The predicted octanol–water partition coefficient (Wildman–Crippen LogP) is 3.12. The minimum atomic E-state index is 0.936. The lowest BCUT2D eigenvalue weighted by Gasteiger charge is -2.00. The molecule has 0 aliphatic rings. The molecule has 0 bridgehead atoms. The lowest BCUT2D eigenvalue weighted by atomic mass is 10.3. The summed E-state index contributed by atoms with van der Waals surface area (Å²) in [6.07, 6.45) is 1.15. The summed E-state index contributed by atoms with van der Waals surface area (Å²) in [6.45, 7) is 2.14. The molecule has 1 aromatic carbocycles. The van der Waals surface area contributed by atoms with E-state index in [-0.39, 0.29) is 0 Å². The molecule has 0 fully saturated rings. The standard InChI is InChI=1S/C9H12OS/c1-2-8-11-10-9-6-4-3-5-7-9/h3-7H,2,8H2,1H3. The van der Waals surface area contributed by atoms with Gasteiger partial charge in [0.05, 0.1) is 12.0 Å². The van der Waals surface area contributed by atoms with Crippen molar-refractivity contribution in [3.63, 3.8) is 0 Å². The van der Waals surface area contributed by atoms with E-state index in [9.17, 15) is 0 Å². The SMILES string of the molecule is CCCSOc1ccccc1. The molecule has 0 unspecified atom stereocenters. The first-order valence-corrected chi connectivity index (χ1v) is 4.69. The van der Waals surface area contributed by atoms with Crippen molar-refractivity contribution in [2.24, 2.45) is 0 Å². The number of benzene rings is 1. The van der Waals surface area contributed by atoms with Crippen LogP contribution in [0.3, 0.4) is 0 Å². The first-order chi connectivity index (χ1) is 5.43. The molecule has 1 aromatic rings. The molecule has 60 valence electrons. The van der Waals surface area contributed by atoms with Gasteiger partial charge in [0.15, 0.2) is 0 Å². The number of hydrogen-bond acceptors (Lipinski definition) is 2. The zero-order valence-electron chi connectivity index (χ0n) is 6.62. The summed E-state index contributed by atoms with van der Waals surface area (Å²) in [5.74, 6) is 1.99. The molecule has 0 aromatic heterocycles. The second-order valence-corrected chi connectivity index (χ2v) is 3.03. The van der Waals surface area contributed by atoms with Crippen LogP contribution in [-0.2, 0) is 0 Å². The number of hydrogen-bond donors (Lipinski definition) is 0. The smallest absolute Gasteiger partial charge is 0.137 e. The van der Waals surface area contributed by atoms with Crippen molar-refractivity contribution < 1.29 is 4.18 Å². The molecule has 0 amide bonds. The summed E-state index contributed by atoms with van der Waals surface area (Å²) in [7, 11) is 0. The van der Waals surface area contributed by atoms with E-state index in [2.05, 4.69) is 6.92 Å². The van der Waals surface area contributed by atoms with Crippen LogP contribution in [0.1, 0.15) is 13.3 Å². The van der Waals surface area contributed by atoms with Gasteiger partial charge >= 0.3 is 0 Å². The highest BCUT2D eigenvalue weighted by molar-refractivity contribution is 7.95. The number of para-hydroxylation sites is 1. The first kappa shape index (κ1) is 8.47. The average molecular weight is 168 g/mol. The van der Waals surface area contributed by atoms with Gasteiger partial charge in [-0.2, -0.15) is 0 Å². The molecule has 0 radical (unpaired) electrons. The Morgan fingerprint density at radius 2 is 2.00 bits per heavy atom. The van der Waals surface area contributed by atoms with Gasteiger partial charge in [0.2, 0.25) is 0 Å². The van der Waals surface area contributed by atoms with E-state index < -0.39 is 0 Å². The third-order valence-electron chi connectivity index (χ3n) is 1.19. The second kappa shape index (κ2) is 5.08. The summed E-state index contributed by atoms with van der Waals surface area (Å²) in [4.78, 5) is 0. The lowest BCUT2D eigenvalue weighted by molar-refractivity contribution is 0.645. The molecule has 0 aliphatic carbocycles. The Bertz CT molecular complexity index is 186. The topological polar surface area (TPSA) is 9.23 Å². The second-order valence-electron chi connectivity index (χ2n) is 2.22. The molecule has 0 N–H and O–H groups in total. The highest BCUT2D eigenvalue weighted by Crippen LogP contribution is 2.15. The van der Waals surface area contributed by atoms with E-state index in [1.807, 2.05) is 30.3 Å². The Balaban J connectivity index is 2.28. The Hall–Kier alpha value is -0.630. The van der Waals surface area contributed by atoms with E-state index in [0.717, 1.165) is 17.9 Å². The largest absolute Gasteiger partial charge is 0.426 e. The van der Waals surface area contributed by atoms with E-state index in [1.54, 1.807) is 0 Å². The van der Waals surface area contributed by atoms with Crippen LogP contribution in [0.2, 0.25) is 0 Å². The minimum absolute atomic E-state index is 0.936. The Labute approximate surface area is 72.0 Å². The summed E-state index contributed by atoms with van der Waals surface area (Å²) in [6, 6.07) is 9.85. The van der Waals surface area contributed by atoms with E-state index in [1.165, 1.54) is 12.0 Å². The Kier molecular flexibility index (Phi) is 3.91. The highest BCUT2D eigenvalue weighted by Gasteiger charge is 1.89. The maximum Gasteiger partial charge on any atom is 0.137 e. The minimum Gasteiger partial charge on any atom is -0.426 e. The molecule has 11 heavy (non-hydrogen) atoms. The van der Waals surface area contributed by atoms with Crippen LogP contribution in [-0.4, -0.2) is 5.75 Å². The summed E-state index contributed by atoms with van der Waals surface area (Å²) < 4.78 is 5.36. The fourth-order valence-corrected chi connectivity index (χ4v) is 1.17. The molecule has 0 saturated heterocycles. The van der Waals surface area contributed by atoms with Gasteiger partial charge in [-0.1, -0.05) is 25.1 Å². The van der Waals surface area contributed by atoms with Gasteiger partial charge in [0.1, 0.15) is 5.75 Å². The molecule has 2 heteroatoms. The lowest BCUT2D eigenvalue weighted by Crippen LogP contribution is -1.82. The normalized spacial score (nSPS) is 9.55. The maximum atomic E-state index is 5.36. The van der Waals surface area contributed by atoms with E-state index in [0.29, 0.717) is 0 Å². The van der Waals surface area contributed by atoms with E-state index in [4.69, 9.17) is 4.18 Å². The fraction of sp³-hybridized carbons (Fsp3) is 0.333. The van der Waals surface area contributed by atoms with Gasteiger partial charge < -0.3 is 4.18 Å². The zero-order chi connectivity index (χ0) is 7.94. The van der Waals surface area contributed by atoms with Crippen molar-refractivity contribution in [3.05, 3.63) is 30.3 Å². The van der Waals surface area contributed by atoms with Crippen LogP contribution >= 0.6 is 12.0 Å². The third-order valence-corrected chi connectivity index (χ3v) is 2.07. The Morgan fingerprint density at radius 3 is 2.64 bits per heavy atom. The molecular weight excluding hydrogens is 156 g/mol. The summed E-state index contributed by atoms with van der Waals surface area (Å²) in [5, 5.41) is 0. The van der Waals surface area contributed by atoms with Crippen LogP contribution < -0.4 is 4.18 Å². The molecule has 0 atom stereocenters. The van der Waals surface area contributed by atoms with Crippen LogP contribution in [0.5, 0.6) is 5.75 Å². The van der Waals surface area contributed by atoms with Crippen molar-refractivity contribution in [1.82, 2.24) is 0 Å². The van der Waals surface area contributed by atoms with Gasteiger partial charge in [-0.3, -0.25) is 0 Å².